The first-order chi connectivity index (χ1) is 9.82. The lowest BCUT2D eigenvalue weighted by Gasteiger charge is -2.43. The van der Waals surface area contributed by atoms with E-state index in [0.717, 1.165) is 25.7 Å². The van der Waals surface area contributed by atoms with Crippen molar-refractivity contribution in [3.63, 3.8) is 0 Å². The summed E-state index contributed by atoms with van der Waals surface area (Å²) in [6, 6.07) is -0.0708. The van der Waals surface area contributed by atoms with Gasteiger partial charge >= 0.3 is 0 Å². The Morgan fingerprint density at radius 1 is 1.27 bits per heavy atom. The molecule has 0 aliphatic heterocycles. The first-order valence-corrected chi connectivity index (χ1v) is 9.91. The summed E-state index contributed by atoms with van der Waals surface area (Å²) in [7, 11) is -3.05. The highest BCUT2D eigenvalue weighted by Crippen LogP contribution is 2.41. The van der Waals surface area contributed by atoms with Crippen LogP contribution in [0.5, 0.6) is 0 Å². The minimum absolute atomic E-state index is 0. The predicted molar refractivity (Wildman–Crippen MR) is 90.7 cm³/mol. The van der Waals surface area contributed by atoms with Gasteiger partial charge in [0.05, 0.1) is 5.75 Å². The Labute approximate surface area is 140 Å². The van der Waals surface area contributed by atoms with Crippen LogP contribution in [0.3, 0.4) is 0 Å². The molecule has 0 aromatic carbocycles. The quantitative estimate of drug-likeness (QED) is 0.784. The topological polar surface area (TPSA) is 89.3 Å². The second kappa shape index (κ2) is 7.97. The molecule has 0 radical (unpaired) electrons. The van der Waals surface area contributed by atoms with Crippen molar-refractivity contribution in [2.24, 2.45) is 23.5 Å². The molecule has 0 aromatic heterocycles. The van der Waals surface area contributed by atoms with Crippen LogP contribution >= 0.6 is 12.4 Å². The van der Waals surface area contributed by atoms with Crippen molar-refractivity contribution in [2.45, 2.75) is 58.0 Å². The van der Waals surface area contributed by atoms with E-state index in [1.807, 2.05) is 0 Å². The number of halogens is 1. The molecular weight excluding hydrogens is 324 g/mol. The SMILES string of the molecule is CCS(=O)(=O)CC(C)NC(=O)C1CC2CCCC(C1)C2N.Cl. The van der Waals surface area contributed by atoms with E-state index in [0.29, 0.717) is 11.8 Å². The molecule has 0 aromatic rings. The maximum absolute atomic E-state index is 12.4. The normalized spacial score (nSPS) is 32.7. The Morgan fingerprint density at radius 3 is 2.32 bits per heavy atom. The molecule has 1 amide bonds. The lowest BCUT2D eigenvalue weighted by Crippen LogP contribution is -2.50. The number of nitrogens with two attached hydrogens (primary N) is 1. The Kier molecular flexibility index (Phi) is 7.15. The van der Waals surface area contributed by atoms with Gasteiger partial charge < -0.3 is 11.1 Å². The number of sulfone groups is 1. The van der Waals surface area contributed by atoms with Crippen molar-refractivity contribution in [3.8, 4) is 0 Å². The molecule has 5 nitrogen and oxygen atoms in total. The van der Waals surface area contributed by atoms with E-state index in [1.54, 1.807) is 13.8 Å². The summed E-state index contributed by atoms with van der Waals surface area (Å²) in [5.74, 6) is 1.08. The number of hydrogen-bond donors (Lipinski definition) is 2. The van der Waals surface area contributed by atoms with Crippen LogP contribution in [0.2, 0.25) is 0 Å². The third-order valence-electron chi connectivity index (χ3n) is 5.12. The monoisotopic (exact) mass is 352 g/mol. The van der Waals surface area contributed by atoms with E-state index < -0.39 is 9.84 Å². The van der Waals surface area contributed by atoms with Crippen LogP contribution in [-0.2, 0) is 14.6 Å². The number of carbonyl (C=O) groups excluding carboxylic acids is 1. The predicted octanol–water partition coefficient (Wildman–Crippen LogP) is 1.50. The summed E-state index contributed by atoms with van der Waals surface area (Å²) in [5, 5.41) is 2.89. The number of hydrogen-bond acceptors (Lipinski definition) is 4. The molecule has 0 heterocycles. The molecule has 2 aliphatic carbocycles. The first-order valence-electron chi connectivity index (χ1n) is 8.08. The Balaban J connectivity index is 0.00000242. The Hall–Kier alpha value is -0.330. The van der Waals surface area contributed by atoms with Crippen LogP contribution in [0.4, 0.5) is 0 Å². The number of nitrogens with one attached hydrogen (secondary N) is 1. The third-order valence-corrected chi connectivity index (χ3v) is 7.00. The molecule has 2 bridgehead atoms. The van der Waals surface area contributed by atoms with E-state index in [2.05, 4.69) is 5.32 Å². The van der Waals surface area contributed by atoms with Crippen LogP contribution in [0.25, 0.3) is 0 Å². The van der Waals surface area contributed by atoms with E-state index in [9.17, 15) is 13.2 Å². The van der Waals surface area contributed by atoms with Crippen LogP contribution in [0.1, 0.15) is 46.0 Å². The van der Waals surface area contributed by atoms with Crippen molar-refractivity contribution in [1.29, 1.82) is 0 Å². The molecule has 3 N–H and O–H groups in total. The van der Waals surface area contributed by atoms with Crippen LogP contribution in [0.15, 0.2) is 0 Å². The highest BCUT2D eigenvalue weighted by Gasteiger charge is 2.40. The summed E-state index contributed by atoms with van der Waals surface area (Å²) in [6.45, 7) is 3.40. The maximum Gasteiger partial charge on any atom is 0.223 e. The van der Waals surface area contributed by atoms with Crippen molar-refractivity contribution >= 4 is 28.2 Å². The largest absolute Gasteiger partial charge is 0.352 e. The smallest absolute Gasteiger partial charge is 0.223 e. The Bertz CT molecular complexity index is 469. The zero-order valence-corrected chi connectivity index (χ0v) is 15.1. The summed E-state index contributed by atoms with van der Waals surface area (Å²) in [5.41, 5.74) is 6.24. The number of carbonyl (C=O) groups is 1. The minimum atomic E-state index is -3.05. The van der Waals surface area contributed by atoms with Crippen LogP contribution < -0.4 is 11.1 Å². The summed E-state index contributed by atoms with van der Waals surface area (Å²) < 4.78 is 23.2. The molecule has 0 spiro atoms. The van der Waals surface area contributed by atoms with Gasteiger partial charge in [-0.05, 0) is 44.4 Å². The van der Waals surface area contributed by atoms with Gasteiger partial charge in [-0.3, -0.25) is 4.79 Å². The average Bonchev–Trinajstić information content (AvgIpc) is 2.37. The van der Waals surface area contributed by atoms with Crippen molar-refractivity contribution in [3.05, 3.63) is 0 Å². The van der Waals surface area contributed by atoms with Crippen molar-refractivity contribution < 1.29 is 13.2 Å². The molecule has 22 heavy (non-hydrogen) atoms. The van der Waals surface area contributed by atoms with Gasteiger partial charge in [0.15, 0.2) is 9.84 Å². The summed E-state index contributed by atoms with van der Waals surface area (Å²) >= 11 is 0. The molecule has 7 heteroatoms. The van der Waals surface area contributed by atoms with Crippen LogP contribution in [-0.4, -0.2) is 37.9 Å². The highest BCUT2D eigenvalue weighted by molar-refractivity contribution is 7.91. The molecule has 130 valence electrons. The van der Waals surface area contributed by atoms with Gasteiger partial charge in [-0.15, -0.1) is 12.4 Å². The lowest BCUT2D eigenvalue weighted by atomic mass is 9.65. The van der Waals surface area contributed by atoms with Gasteiger partial charge in [0, 0.05) is 23.8 Å². The van der Waals surface area contributed by atoms with Gasteiger partial charge in [0.2, 0.25) is 5.91 Å². The average molecular weight is 353 g/mol. The molecule has 3 atom stereocenters. The zero-order valence-electron chi connectivity index (χ0n) is 13.5. The first kappa shape index (κ1) is 19.7. The van der Waals surface area contributed by atoms with Gasteiger partial charge in [-0.2, -0.15) is 0 Å². The van der Waals surface area contributed by atoms with Gasteiger partial charge in [0.1, 0.15) is 0 Å². The molecular formula is C15H29ClN2O3S. The summed E-state index contributed by atoms with van der Waals surface area (Å²) in [4.78, 5) is 12.4. The van der Waals surface area contributed by atoms with Gasteiger partial charge in [-0.1, -0.05) is 13.3 Å². The van der Waals surface area contributed by atoms with Gasteiger partial charge in [0.25, 0.3) is 0 Å². The standard InChI is InChI=1S/C15H28N2O3S.ClH/c1-3-21(19,20)9-10(2)17-15(18)13-7-11-5-4-6-12(8-13)14(11)16;/h10-14H,3-9,16H2,1-2H3,(H,17,18);1H. The van der Waals surface area contributed by atoms with Crippen molar-refractivity contribution in [1.82, 2.24) is 5.32 Å². The fourth-order valence-electron chi connectivity index (χ4n) is 3.90. The molecule has 0 saturated heterocycles. The van der Waals surface area contributed by atoms with E-state index >= 15 is 0 Å². The van der Waals surface area contributed by atoms with E-state index in [4.69, 9.17) is 5.73 Å². The molecule has 3 unspecified atom stereocenters. The molecule has 2 aliphatic rings. The molecule has 2 saturated carbocycles. The lowest BCUT2D eigenvalue weighted by molar-refractivity contribution is -0.128. The van der Waals surface area contributed by atoms with E-state index in [1.165, 1.54) is 6.42 Å². The Morgan fingerprint density at radius 2 is 1.82 bits per heavy atom. The highest BCUT2D eigenvalue weighted by atomic mass is 35.5. The maximum atomic E-state index is 12.4. The fourth-order valence-corrected chi connectivity index (χ4v) is 4.99. The number of amides is 1. The molecule has 2 fully saturated rings. The summed E-state index contributed by atoms with van der Waals surface area (Å²) in [6.07, 6.45) is 5.19. The van der Waals surface area contributed by atoms with E-state index in [-0.39, 0.29) is 47.8 Å². The molecule has 2 rings (SSSR count). The van der Waals surface area contributed by atoms with Crippen molar-refractivity contribution in [2.75, 3.05) is 11.5 Å². The fraction of sp³-hybridized carbons (Fsp3) is 0.933. The van der Waals surface area contributed by atoms with Crippen LogP contribution in [0, 0.1) is 17.8 Å². The second-order valence-electron chi connectivity index (χ2n) is 6.81. The van der Waals surface area contributed by atoms with Gasteiger partial charge in [-0.25, -0.2) is 8.42 Å². The minimum Gasteiger partial charge on any atom is -0.352 e. The number of rotatable bonds is 5. The number of fused-ring (bicyclic) bond motifs is 2. The zero-order chi connectivity index (χ0) is 15.6. The second-order valence-corrected chi connectivity index (χ2v) is 9.20. The third kappa shape index (κ3) is 4.83.